The topological polar surface area (TPSA) is 16.1 Å². The smallest absolute Gasteiger partial charge is 0.136 e. The van der Waals surface area contributed by atoms with Gasteiger partial charge in [-0.1, -0.05) is 44.0 Å². The number of aromatic nitrogens is 1. The van der Waals surface area contributed by atoms with Crippen LogP contribution in [0.25, 0.3) is 10.8 Å². The molecule has 0 saturated heterocycles. The summed E-state index contributed by atoms with van der Waals surface area (Å²) in [5, 5.41) is 3.35. The third-order valence-electron chi connectivity index (χ3n) is 2.95. The van der Waals surface area contributed by atoms with Gasteiger partial charge in [0.2, 0.25) is 0 Å². The van der Waals surface area contributed by atoms with Crippen LogP contribution in [0.3, 0.4) is 0 Å². The highest BCUT2D eigenvalue weighted by Gasteiger charge is 2.14. The van der Waals surface area contributed by atoms with Crippen molar-refractivity contribution in [1.29, 1.82) is 0 Å². The van der Waals surface area contributed by atoms with Crippen molar-refractivity contribution in [3.05, 3.63) is 34.9 Å². The van der Waals surface area contributed by atoms with Crippen molar-refractivity contribution in [2.45, 2.75) is 19.9 Å². The average Bonchev–Trinajstić information content (AvgIpc) is 2.36. The Morgan fingerprint density at radius 1 is 1.22 bits per heavy atom. The highest BCUT2D eigenvalue weighted by atomic mass is 79.9. The lowest BCUT2D eigenvalue weighted by atomic mass is 10.1. The predicted molar refractivity (Wildman–Crippen MR) is 85.7 cm³/mol. The summed E-state index contributed by atoms with van der Waals surface area (Å²) in [7, 11) is 0. The molecule has 0 aliphatic rings. The van der Waals surface area contributed by atoms with E-state index in [1.165, 1.54) is 10.8 Å². The first kappa shape index (κ1) is 13.8. The van der Waals surface area contributed by atoms with Gasteiger partial charge in [0, 0.05) is 39.4 Å². The van der Waals surface area contributed by atoms with E-state index < -0.39 is 0 Å². The van der Waals surface area contributed by atoms with Crippen LogP contribution in [-0.4, -0.2) is 22.9 Å². The molecule has 0 radical (unpaired) electrons. The van der Waals surface area contributed by atoms with E-state index in [0.717, 1.165) is 22.2 Å². The third kappa shape index (κ3) is 2.69. The molecule has 2 aromatic rings. The lowest BCUT2D eigenvalue weighted by Gasteiger charge is -2.28. The molecule has 4 heteroatoms. The second-order valence-electron chi connectivity index (χ2n) is 4.45. The summed E-state index contributed by atoms with van der Waals surface area (Å²) in [4.78, 5) is 6.90. The maximum Gasteiger partial charge on any atom is 0.136 e. The van der Waals surface area contributed by atoms with Gasteiger partial charge in [-0.05, 0) is 26.0 Å². The summed E-state index contributed by atoms with van der Waals surface area (Å²) in [6.07, 6.45) is 1.88. The lowest BCUT2D eigenvalue weighted by Crippen LogP contribution is -2.33. The highest BCUT2D eigenvalue weighted by molar-refractivity contribution is 9.10. The standard InChI is InChI=1S/C14H16Br2N2/c1-10(2)18(9-7-15)14-12-4-3-5-13(16)11(12)6-8-17-14/h3-6,8,10H,7,9H2,1-2H3. The minimum Gasteiger partial charge on any atom is -0.353 e. The SMILES string of the molecule is CC(C)N(CCBr)c1nccc2c(Br)cccc12. The molecule has 0 aliphatic carbocycles. The Balaban J connectivity index is 2.59. The van der Waals surface area contributed by atoms with Crippen molar-refractivity contribution in [2.75, 3.05) is 16.8 Å². The van der Waals surface area contributed by atoms with E-state index in [1.807, 2.05) is 6.20 Å². The zero-order chi connectivity index (χ0) is 13.1. The van der Waals surface area contributed by atoms with Gasteiger partial charge in [-0.2, -0.15) is 0 Å². The monoisotopic (exact) mass is 370 g/mol. The highest BCUT2D eigenvalue weighted by Crippen LogP contribution is 2.30. The molecule has 2 rings (SSSR count). The van der Waals surface area contributed by atoms with Crippen molar-refractivity contribution < 1.29 is 0 Å². The van der Waals surface area contributed by atoms with E-state index >= 15 is 0 Å². The van der Waals surface area contributed by atoms with Crippen LogP contribution >= 0.6 is 31.9 Å². The van der Waals surface area contributed by atoms with E-state index in [-0.39, 0.29) is 0 Å². The van der Waals surface area contributed by atoms with E-state index in [1.54, 1.807) is 0 Å². The zero-order valence-corrected chi connectivity index (χ0v) is 13.7. The van der Waals surface area contributed by atoms with E-state index in [2.05, 4.69) is 79.9 Å². The molecule has 0 amide bonds. The number of pyridine rings is 1. The molecule has 0 saturated carbocycles. The van der Waals surface area contributed by atoms with Crippen LogP contribution in [-0.2, 0) is 0 Å². The van der Waals surface area contributed by atoms with Gasteiger partial charge in [-0.3, -0.25) is 0 Å². The van der Waals surface area contributed by atoms with Crippen LogP contribution in [0.5, 0.6) is 0 Å². The van der Waals surface area contributed by atoms with Gasteiger partial charge in [-0.15, -0.1) is 0 Å². The first-order chi connectivity index (χ1) is 8.65. The maximum atomic E-state index is 4.57. The third-order valence-corrected chi connectivity index (χ3v) is 4.00. The molecular weight excluding hydrogens is 356 g/mol. The molecule has 1 aromatic heterocycles. The van der Waals surface area contributed by atoms with Gasteiger partial charge in [0.1, 0.15) is 5.82 Å². The molecule has 0 bridgehead atoms. The van der Waals surface area contributed by atoms with Gasteiger partial charge in [0.15, 0.2) is 0 Å². The second-order valence-corrected chi connectivity index (χ2v) is 6.09. The van der Waals surface area contributed by atoms with Crippen LogP contribution in [0.1, 0.15) is 13.8 Å². The van der Waals surface area contributed by atoms with E-state index in [9.17, 15) is 0 Å². The summed E-state index contributed by atoms with van der Waals surface area (Å²) in [6, 6.07) is 8.74. The number of hydrogen-bond donors (Lipinski definition) is 0. The fourth-order valence-corrected chi connectivity index (χ4v) is 2.96. The average molecular weight is 372 g/mol. The molecule has 0 unspecified atom stereocenters. The van der Waals surface area contributed by atoms with Crippen LogP contribution in [0, 0.1) is 0 Å². The number of rotatable bonds is 4. The Morgan fingerprint density at radius 3 is 2.67 bits per heavy atom. The normalized spacial score (nSPS) is 11.2. The van der Waals surface area contributed by atoms with Crippen LogP contribution in [0.15, 0.2) is 34.9 Å². The summed E-state index contributed by atoms with van der Waals surface area (Å²) < 4.78 is 1.12. The molecule has 0 atom stereocenters. The van der Waals surface area contributed by atoms with Crippen LogP contribution in [0.4, 0.5) is 5.82 Å². The summed E-state index contributed by atoms with van der Waals surface area (Å²) in [6.45, 7) is 5.35. The molecule has 96 valence electrons. The van der Waals surface area contributed by atoms with Gasteiger partial charge in [0.05, 0.1) is 0 Å². The number of alkyl halides is 1. The number of fused-ring (bicyclic) bond motifs is 1. The molecule has 1 aromatic carbocycles. The zero-order valence-electron chi connectivity index (χ0n) is 10.5. The molecule has 0 N–H and O–H groups in total. The summed E-state index contributed by atoms with van der Waals surface area (Å²) in [5.74, 6) is 1.06. The van der Waals surface area contributed by atoms with Crippen molar-refractivity contribution in [1.82, 2.24) is 4.98 Å². The lowest BCUT2D eigenvalue weighted by molar-refractivity contribution is 0.701. The Hall–Kier alpha value is -0.610. The van der Waals surface area contributed by atoms with Gasteiger partial charge >= 0.3 is 0 Å². The fraction of sp³-hybridized carbons (Fsp3) is 0.357. The minimum absolute atomic E-state index is 0.430. The summed E-state index contributed by atoms with van der Waals surface area (Å²) >= 11 is 7.12. The summed E-state index contributed by atoms with van der Waals surface area (Å²) in [5.41, 5.74) is 0. The van der Waals surface area contributed by atoms with Crippen LogP contribution < -0.4 is 4.90 Å². The molecular formula is C14H16Br2N2. The Labute approximate surface area is 125 Å². The Kier molecular flexibility index (Phi) is 4.62. The van der Waals surface area contributed by atoms with E-state index in [0.29, 0.717) is 6.04 Å². The van der Waals surface area contributed by atoms with Gasteiger partial charge in [-0.25, -0.2) is 4.98 Å². The van der Waals surface area contributed by atoms with E-state index in [4.69, 9.17) is 0 Å². The molecule has 2 nitrogen and oxygen atoms in total. The van der Waals surface area contributed by atoms with Gasteiger partial charge < -0.3 is 4.90 Å². The van der Waals surface area contributed by atoms with Gasteiger partial charge in [0.25, 0.3) is 0 Å². The van der Waals surface area contributed by atoms with Crippen molar-refractivity contribution in [3.8, 4) is 0 Å². The first-order valence-corrected chi connectivity index (χ1v) is 7.92. The molecule has 18 heavy (non-hydrogen) atoms. The Morgan fingerprint density at radius 2 is 2.00 bits per heavy atom. The van der Waals surface area contributed by atoms with Crippen molar-refractivity contribution in [3.63, 3.8) is 0 Å². The Bertz CT molecular complexity index is 540. The predicted octanol–water partition coefficient (Wildman–Crippen LogP) is 4.61. The number of anilines is 1. The maximum absolute atomic E-state index is 4.57. The number of hydrogen-bond acceptors (Lipinski definition) is 2. The van der Waals surface area contributed by atoms with Crippen LogP contribution in [0.2, 0.25) is 0 Å². The quantitative estimate of drug-likeness (QED) is 0.729. The largest absolute Gasteiger partial charge is 0.353 e. The minimum atomic E-state index is 0.430. The number of nitrogens with zero attached hydrogens (tertiary/aromatic N) is 2. The van der Waals surface area contributed by atoms with Crippen molar-refractivity contribution >= 4 is 48.5 Å². The first-order valence-electron chi connectivity index (χ1n) is 6.01. The van der Waals surface area contributed by atoms with Crippen molar-refractivity contribution in [2.24, 2.45) is 0 Å². The molecule has 0 aliphatic heterocycles. The number of halogens is 2. The fourth-order valence-electron chi connectivity index (χ4n) is 2.08. The number of benzene rings is 1. The molecule has 0 fully saturated rings. The molecule has 0 spiro atoms. The molecule has 1 heterocycles. The second kappa shape index (κ2) is 6.02.